The van der Waals surface area contributed by atoms with Gasteiger partial charge in [0.05, 0.1) is 17.2 Å². The number of nitrogens with one attached hydrogen (secondary N) is 2. The van der Waals surface area contributed by atoms with Crippen LogP contribution in [0.25, 0.3) is 0 Å². The predicted octanol–water partition coefficient (Wildman–Crippen LogP) is 2.34. The van der Waals surface area contributed by atoms with Crippen molar-refractivity contribution in [2.45, 2.75) is 38.1 Å². The molecule has 0 spiro atoms. The zero-order valence-corrected chi connectivity index (χ0v) is 11.3. The highest BCUT2D eigenvalue weighted by atomic mass is 35.5. The molecule has 1 aromatic heterocycles. The Kier molecular flexibility index (Phi) is 3.97. The third-order valence-corrected chi connectivity index (χ3v) is 4.02. The van der Waals surface area contributed by atoms with Crippen LogP contribution < -0.4 is 5.32 Å². The first-order valence-corrected chi connectivity index (χ1v) is 6.70. The van der Waals surface area contributed by atoms with E-state index in [0.29, 0.717) is 16.6 Å². The summed E-state index contributed by atoms with van der Waals surface area (Å²) < 4.78 is 0. The van der Waals surface area contributed by atoms with Gasteiger partial charge in [0.1, 0.15) is 5.69 Å². The minimum Gasteiger partial charge on any atom is -0.394 e. The van der Waals surface area contributed by atoms with Crippen LogP contribution >= 0.6 is 11.6 Å². The van der Waals surface area contributed by atoms with Crippen LogP contribution in [0.3, 0.4) is 0 Å². The van der Waals surface area contributed by atoms with E-state index in [1.54, 1.807) is 12.3 Å². The van der Waals surface area contributed by atoms with Crippen molar-refractivity contribution in [3.05, 3.63) is 23.0 Å². The van der Waals surface area contributed by atoms with Crippen LogP contribution in [-0.2, 0) is 0 Å². The summed E-state index contributed by atoms with van der Waals surface area (Å²) in [5, 5.41) is 13.0. The van der Waals surface area contributed by atoms with E-state index >= 15 is 0 Å². The molecular weight excluding hydrogens is 252 g/mol. The molecule has 0 atom stereocenters. The molecule has 100 valence electrons. The Bertz CT molecular complexity index is 422. The van der Waals surface area contributed by atoms with Gasteiger partial charge < -0.3 is 15.4 Å². The standard InChI is InChI=1S/C13H19ClN2O2/c1-9-2-4-13(8-17,5-3-9)16-12(18)11-6-10(14)7-15-11/h6-7,9,15,17H,2-5,8H2,1H3,(H,16,18). The van der Waals surface area contributed by atoms with Gasteiger partial charge in [-0.15, -0.1) is 0 Å². The van der Waals surface area contributed by atoms with Gasteiger partial charge in [0.2, 0.25) is 0 Å². The molecule has 0 unspecified atom stereocenters. The van der Waals surface area contributed by atoms with Crippen LogP contribution in [0.15, 0.2) is 12.3 Å². The van der Waals surface area contributed by atoms with Gasteiger partial charge in [0, 0.05) is 6.20 Å². The van der Waals surface area contributed by atoms with Gasteiger partial charge in [0.15, 0.2) is 0 Å². The van der Waals surface area contributed by atoms with Crippen molar-refractivity contribution < 1.29 is 9.90 Å². The number of H-pyrrole nitrogens is 1. The first kappa shape index (κ1) is 13.4. The smallest absolute Gasteiger partial charge is 0.268 e. The molecule has 1 aliphatic rings. The van der Waals surface area contributed by atoms with Crippen LogP contribution in [0.5, 0.6) is 0 Å². The van der Waals surface area contributed by atoms with Gasteiger partial charge >= 0.3 is 0 Å². The van der Waals surface area contributed by atoms with Crippen molar-refractivity contribution in [1.29, 1.82) is 0 Å². The maximum atomic E-state index is 12.1. The Labute approximate surface area is 112 Å². The lowest BCUT2D eigenvalue weighted by atomic mass is 9.77. The first-order chi connectivity index (χ1) is 8.54. The molecule has 3 N–H and O–H groups in total. The van der Waals surface area contributed by atoms with Gasteiger partial charge in [-0.2, -0.15) is 0 Å². The Morgan fingerprint density at radius 2 is 2.28 bits per heavy atom. The van der Waals surface area contributed by atoms with Crippen LogP contribution in [0.1, 0.15) is 43.1 Å². The second-order valence-corrected chi connectivity index (χ2v) is 5.74. The normalized spacial score (nSPS) is 28.1. The number of aromatic nitrogens is 1. The third kappa shape index (κ3) is 2.87. The topological polar surface area (TPSA) is 65.1 Å². The highest BCUT2D eigenvalue weighted by molar-refractivity contribution is 6.30. The number of carbonyl (C=O) groups is 1. The number of hydrogen-bond donors (Lipinski definition) is 3. The summed E-state index contributed by atoms with van der Waals surface area (Å²) in [6.45, 7) is 2.19. The van der Waals surface area contributed by atoms with Gasteiger partial charge in [-0.1, -0.05) is 18.5 Å². The number of carbonyl (C=O) groups excluding carboxylic acids is 1. The lowest BCUT2D eigenvalue weighted by molar-refractivity contribution is 0.0713. The number of aromatic amines is 1. The molecule has 1 aliphatic carbocycles. The van der Waals surface area contributed by atoms with Crippen LogP contribution in [0.2, 0.25) is 5.02 Å². The Morgan fingerprint density at radius 3 is 2.78 bits per heavy atom. The minimum absolute atomic E-state index is 0.0140. The highest BCUT2D eigenvalue weighted by Gasteiger charge is 2.35. The fraction of sp³-hybridized carbons (Fsp3) is 0.615. The summed E-state index contributed by atoms with van der Waals surface area (Å²) >= 11 is 5.77. The minimum atomic E-state index is -0.471. The molecule has 4 nitrogen and oxygen atoms in total. The van der Waals surface area contributed by atoms with E-state index in [2.05, 4.69) is 17.2 Å². The zero-order valence-electron chi connectivity index (χ0n) is 10.5. The first-order valence-electron chi connectivity index (χ1n) is 6.32. The fourth-order valence-electron chi connectivity index (χ4n) is 2.44. The summed E-state index contributed by atoms with van der Waals surface area (Å²) in [5.41, 5.74) is -0.0345. The molecule has 0 aliphatic heterocycles. The molecule has 0 bridgehead atoms. The summed E-state index contributed by atoms with van der Waals surface area (Å²) in [6, 6.07) is 1.59. The third-order valence-electron chi connectivity index (χ3n) is 3.81. The molecule has 2 rings (SSSR count). The summed E-state index contributed by atoms with van der Waals surface area (Å²) in [7, 11) is 0. The Balaban J connectivity index is 2.04. The van der Waals surface area contributed by atoms with E-state index < -0.39 is 5.54 Å². The molecule has 18 heavy (non-hydrogen) atoms. The van der Waals surface area contributed by atoms with E-state index in [1.165, 1.54) is 0 Å². The zero-order chi connectivity index (χ0) is 13.2. The van der Waals surface area contributed by atoms with E-state index in [-0.39, 0.29) is 12.5 Å². The molecule has 1 aromatic rings. The van der Waals surface area contributed by atoms with E-state index in [4.69, 9.17) is 11.6 Å². The van der Waals surface area contributed by atoms with Gasteiger partial charge in [-0.3, -0.25) is 4.79 Å². The average Bonchev–Trinajstić information content (AvgIpc) is 2.79. The lowest BCUT2D eigenvalue weighted by Gasteiger charge is -2.38. The van der Waals surface area contributed by atoms with Crippen molar-refractivity contribution in [3.8, 4) is 0 Å². The highest BCUT2D eigenvalue weighted by Crippen LogP contribution is 2.31. The SMILES string of the molecule is CC1CCC(CO)(NC(=O)c2cc(Cl)c[nH]2)CC1. The largest absolute Gasteiger partial charge is 0.394 e. The van der Waals surface area contributed by atoms with E-state index in [9.17, 15) is 9.90 Å². The van der Waals surface area contributed by atoms with Crippen molar-refractivity contribution in [3.63, 3.8) is 0 Å². The molecule has 1 amide bonds. The monoisotopic (exact) mass is 270 g/mol. The molecule has 5 heteroatoms. The van der Waals surface area contributed by atoms with Gasteiger partial charge in [-0.05, 0) is 37.7 Å². The number of amides is 1. The summed E-state index contributed by atoms with van der Waals surface area (Å²) in [6.07, 6.45) is 5.29. The number of rotatable bonds is 3. The average molecular weight is 271 g/mol. The van der Waals surface area contributed by atoms with Gasteiger partial charge in [0.25, 0.3) is 5.91 Å². The van der Waals surface area contributed by atoms with Crippen LogP contribution in [-0.4, -0.2) is 28.1 Å². The van der Waals surface area contributed by atoms with E-state index in [1.807, 2.05) is 0 Å². The van der Waals surface area contributed by atoms with E-state index in [0.717, 1.165) is 25.7 Å². The quantitative estimate of drug-likeness (QED) is 0.789. The molecule has 0 aromatic carbocycles. The van der Waals surface area contributed by atoms with Gasteiger partial charge in [-0.25, -0.2) is 0 Å². The second-order valence-electron chi connectivity index (χ2n) is 5.31. The van der Waals surface area contributed by atoms with Crippen LogP contribution in [0, 0.1) is 5.92 Å². The maximum absolute atomic E-state index is 12.1. The molecule has 1 fully saturated rings. The van der Waals surface area contributed by atoms with Crippen molar-refractivity contribution in [1.82, 2.24) is 10.3 Å². The maximum Gasteiger partial charge on any atom is 0.268 e. The Hall–Kier alpha value is -1.00. The Morgan fingerprint density at radius 1 is 1.61 bits per heavy atom. The van der Waals surface area contributed by atoms with Crippen molar-refractivity contribution in [2.75, 3.05) is 6.61 Å². The summed E-state index contributed by atoms with van der Waals surface area (Å²) in [4.78, 5) is 14.9. The predicted molar refractivity (Wildman–Crippen MR) is 70.7 cm³/mol. The number of aliphatic hydroxyl groups excluding tert-OH is 1. The van der Waals surface area contributed by atoms with Crippen molar-refractivity contribution in [2.24, 2.45) is 5.92 Å². The number of halogens is 1. The molecule has 0 saturated heterocycles. The van der Waals surface area contributed by atoms with Crippen LogP contribution in [0.4, 0.5) is 0 Å². The molecule has 1 saturated carbocycles. The number of aliphatic hydroxyl groups is 1. The summed E-state index contributed by atoms with van der Waals surface area (Å²) in [5.74, 6) is 0.465. The molecule has 0 radical (unpaired) electrons. The molecule has 1 heterocycles. The lowest BCUT2D eigenvalue weighted by Crippen LogP contribution is -2.53. The van der Waals surface area contributed by atoms with Crippen molar-refractivity contribution >= 4 is 17.5 Å². The second kappa shape index (κ2) is 5.33. The number of hydrogen-bond acceptors (Lipinski definition) is 2. The molecular formula is C13H19ClN2O2. The fourth-order valence-corrected chi connectivity index (χ4v) is 2.61.